The zero-order valence-electron chi connectivity index (χ0n) is 14.7. The van der Waals surface area contributed by atoms with E-state index in [1.807, 2.05) is 30.5 Å². The molecule has 0 aliphatic heterocycles. The third kappa shape index (κ3) is 3.37. The average Bonchev–Trinajstić information content (AvgIpc) is 3.06. The van der Waals surface area contributed by atoms with Crippen molar-refractivity contribution in [3.63, 3.8) is 0 Å². The van der Waals surface area contributed by atoms with Crippen LogP contribution in [-0.4, -0.2) is 9.38 Å². The molecular formula is C22H19BrN2O. The van der Waals surface area contributed by atoms with Crippen LogP contribution in [0.5, 0.6) is 5.75 Å². The summed E-state index contributed by atoms with van der Waals surface area (Å²) in [5, 5.41) is 0. The van der Waals surface area contributed by atoms with E-state index in [-0.39, 0.29) is 0 Å². The number of hydrogen-bond donors (Lipinski definition) is 0. The van der Waals surface area contributed by atoms with E-state index in [2.05, 4.69) is 70.7 Å². The maximum absolute atomic E-state index is 5.98. The van der Waals surface area contributed by atoms with E-state index in [0.29, 0.717) is 6.61 Å². The van der Waals surface area contributed by atoms with Gasteiger partial charge in [0.2, 0.25) is 0 Å². The second-order valence-corrected chi connectivity index (χ2v) is 7.37. The molecule has 0 saturated heterocycles. The molecule has 0 fully saturated rings. The Morgan fingerprint density at radius 2 is 1.77 bits per heavy atom. The van der Waals surface area contributed by atoms with Crippen LogP contribution in [-0.2, 0) is 6.61 Å². The van der Waals surface area contributed by atoms with Gasteiger partial charge in [-0.3, -0.25) is 0 Å². The maximum Gasteiger partial charge on any atom is 0.140 e. The van der Waals surface area contributed by atoms with E-state index >= 15 is 0 Å². The number of fused-ring (bicyclic) bond motifs is 1. The van der Waals surface area contributed by atoms with E-state index < -0.39 is 0 Å². The summed E-state index contributed by atoms with van der Waals surface area (Å²) in [5.41, 5.74) is 6.44. The summed E-state index contributed by atoms with van der Waals surface area (Å²) in [7, 11) is 0. The van der Waals surface area contributed by atoms with Gasteiger partial charge < -0.3 is 9.14 Å². The molecule has 0 aliphatic rings. The number of aromatic nitrogens is 2. The molecule has 130 valence electrons. The summed E-state index contributed by atoms with van der Waals surface area (Å²) in [5.74, 6) is 0.903. The highest BCUT2D eigenvalue weighted by molar-refractivity contribution is 9.10. The first-order valence-corrected chi connectivity index (χ1v) is 9.32. The summed E-state index contributed by atoms with van der Waals surface area (Å²) < 4.78 is 9.08. The molecule has 4 aromatic rings. The van der Waals surface area contributed by atoms with Crippen LogP contribution in [0.1, 0.15) is 16.7 Å². The zero-order valence-corrected chi connectivity index (χ0v) is 16.3. The molecule has 0 radical (unpaired) electrons. The van der Waals surface area contributed by atoms with E-state index in [1.54, 1.807) is 0 Å². The average molecular weight is 407 g/mol. The van der Waals surface area contributed by atoms with Crippen LogP contribution in [0.4, 0.5) is 0 Å². The van der Waals surface area contributed by atoms with Crippen LogP contribution in [0, 0.1) is 13.8 Å². The minimum atomic E-state index is 0.572. The highest BCUT2D eigenvalue weighted by Gasteiger charge is 2.09. The van der Waals surface area contributed by atoms with Crippen LogP contribution < -0.4 is 4.74 Å². The molecule has 0 unspecified atom stereocenters. The monoisotopic (exact) mass is 406 g/mol. The van der Waals surface area contributed by atoms with E-state index in [9.17, 15) is 0 Å². The first-order valence-electron chi connectivity index (χ1n) is 8.53. The van der Waals surface area contributed by atoms with Gasteiger partial charge in [-0.05, 0) is 70.7 Å². The fourth-order valence-corrected chi connectivity index (χ4v) is 3.63. The number of halogens is 1. The molecule has 0 atom stereocenters. The molecule has 2 heterocycles. The normalized spacial score (nSPS) is 11.0. The Hall–Kier alpha value is -2.59. The molecule has 4 heteroatoms. The third-order valence-electron chi connectivity index (χ3n) is 4.41. The Morgan fingerprint density at radius 1 is 0.962 bits per heavy atom. The summed E-state index contributed by atoms with van der Waals surface area (Å²) in [6, 6.07) is 18.5. The zero-order chi connectivity index (χ0) is 18.1. The van der Waals surface area contributed by atoms with Gasteiger partial charge >= 0.3 is 0 Å². The third-order valence-corrected chi connectivity index (χ3v) is 4.84. The SMILES string of the molecule is Cc1cc(-c2cn3cc(Br)cc(C)c3n2)ccc1OCc1ccccc1. The summed E-state index contributed by atoms with van der Waals surface area (Å²) >= 11 is 3.54. The molecule has 0 aliphatic carbocycles. The molecular weight excluding hydrogens is 388 g/mol. The highest BCUT2D eigenvalue weighted by Crippen LogP contribution is 2.28. The van der Waals surface area contributed by atoms with Crippen molar-refractivity contribution in [1.29, 1.82) is 0 Å². The summed E-state index contributed by atoms with van der Waals surface area (Å²) in [4.78, 5) is 4.79. The van der Waals surface area contributed by atoms with Gasteiger partial charge in [0.15, 0.2) is 0 Å². The van der Waals surface area contributed by atoms with Crippen LogP contribution in [0.3, 0.4) is 0 Å². The Bertz CT molecular complexity index is 1070. The van der Waals surface area contributed by atoms with Gasteiger partial charge in [-0.2, -0.15) is 0 Å². The minimum Gasteiger partial charge on any atom is -0.489 e. The number of benzene rings is 2. The van der Waals surface area contributed by atoms with Crippen LogP contribution in [0.2, 0.25) is 0 Å². The van der Waals surface area contributed by atoms with E-state index in [4.69, 9.17) is 9.72 Å². The van der Waals surface area contributed by atoms with Gasteiger partial charge in [0.1, 0.15) is 18.0 Å². The molecule has 0 spiro atoms. The number of pyridine rings is 1. The largest absolute Gasteiger partial charge is 0.489 e. The van der Waals surface area contributed by atoms with Crippen LogP contribution in [0.15, 0.2) is 71.5 Å². The number of imidazole rings is 1. The van der Waals surface area contributed by atoms with Gasteiger partial charge in [0.05, 0.1) is 5.69 Å². The molecule has 2 aromatic carbocycles. The number of hydrogen-bond acceptors (Lipinski definition) is 2. The van der Waals surface area contributed by atoms with Gasteiger partial charge in [0.25, 0.3) is 0 Å². The van der Waals surface area contributed by atoms with Gasteiger partial charge in [-0.1, -0.05) is 30.3 Å². The molecule has 3 nitrogen and oxygen atoms in total. The predicted molar refractivity (Wildman–Crippen MR) is 109 cm³/mol. The molecule has 0 saturated carbocycles. The van der Waals surface area contributed by atoms with Crippen LogP contribution >= 0.6 is 15.9 Å². The summed E-state index contributed by atoms with van der Waals surface area (Å²) in [6.07, 6.45) is 4.09. The van der Waals surface area contributed by atoms with Crippen LogP contribution in [0.25, 0.3) is 16.9 Å². The molecule has 26 heavy (non-hydrogen) atoms. The first kappa shape index (κ1) is 16.9. The van der Waals surface area contributed by atoms with Crippen molar-refractivity contribution in [2.75, 3.05) is 0 Å². The molecule has 4 rings (SSSR count). The lowest BCUT2D eigenvalue weighted by molar-refractivity contribution is 0.304. The van der Waals surface area contributed by atoms with Crippen molar-refractivity contribution in [3.05, 3.63) is 88.2 Å². The lowest BCUT2D eigenvalue weighted by Crippen LogP contribution is -1.96. The number of aryl methyl sites for hydroxylation is 2. The lowest BCUT2D eigenvalue weighted by atomic mass is 10.1. The van der Waals surface area contributed by atoms with Gasteiger partial charge in [0, 0.05) is 22.4 Å². The van der Waals surface area contributed by atoms with Crippen molar-refractivity contribution in [2.24, 2.45) is 0 Å². The maximum atomic E-state index is 5.98. The number of ether oxygens (including phenoxy) is 1. The Labute approximate surface area is 161 Å². The number of nitrogens with zero attached hydrogens (tertiary/aromatic N) is 2. The second kappa shape index (κ2) is 6.96. The van der Waals surface area contributed by atoms with Crippen molar-refractivity contribution in [1.82, 2.24) is 9.38 Å². The van der Waals surface area contributed by atoms with Gasteiger partial charge in [-0.25, -0.2) is 4.98 Å². The first-order chi connectivity index (χ1) is 12.6. The Balaban J connectivity index is 1.60. The van der Waals surface area contributed by atoms with E-state index in [0.717, 1.165) is 43.8 Å². The smallest absolute Gasteiger partial charge is 0.140 e. The topological polar surface area (TPSA) is 26.5 Å². The molecule has 0 amide bonds. The van der Waals surface area contributed by atoms with Gasteiger partial charge in [-0.15, -0.1) is 0 Å². The highest BCUT2D eigenvalue weighted by atomic mass is 79.9. The van der Waals surface area contributed by atoms with Crippen molar-refractivity contribution < 1.29 is 4.74 Å². The molecule has 0 N–H and O–H groups in total. The fraction of sp³-hybridized carbons (Fsp3) is 0.136. The standard InChI is InChI=1S/C22H19BrN2O/c1-15-10-18(8-9-21(15)26-14-17-6-4-3-5-7-17)20-13-25-12-19(23)11-16(2)22(25)24-20/h3-13H,14H2,1-2H3. The van der Waals surface area contributed by atoms with Crippen molar-refractivity contribution in [2.45, 2.75) is 20.5 Å². The van der Waals surface area contributed by atoms with E-state index in [1.165, 1.54) is 0 Å². The Morgan fingerprint density at radius 3 is 2.54 bits per heavy atom. The summed E-state index contributed by atoms with van der Waals surface area (Å²) in [6.45, 7) is 4.71. The second-order valence-electron chi connectivity index (χ2n) is 6.45. The minimum absolute atomic E-state index is 0.572. The van der Waals surface area contributed by atoms with Crippen molar-refractivity contribution >= 4 is 21.6 Å². The molecule has 2 aromatic heterocycles. The Kier molecular flexibility index (Phi) is 4.51. The predicted octanol–water partition coefficient (Wildman–Crippen LogP) is 5.96. The van der Waals surface area contributed by atoms with Crippen molar-refractivity contribution in [3.8, 4) is 17.0 Å². The lowest BCUT2D eigenvalue weighted by Gasteiger charge is -2.10. The quantitative estimate of drug-likeness (QED) is 0.417. The number of rotatable bonds is 4. The fourth-order valence-electron chi connectivity index (χ4n) is 3.07. The molecule has 0 bridgehead atoms.